The smallest absolute Gasteiger partial charge is 0.330 e. The van der Waals surface area contributed by atoms with E-state index in [0.29, 0.717) is 20.5 Å². The van der Waals surface area contributed by atoms with Gasteiger partial charge in [0.1, 0.15) is 17.9 Å². The molecular formula is C26H26ClNO6S2. The Labute approximate surface area is 222 Å². The molecule has 1 saturated heterocycles. The lowest BCUT2D eigenvalue weighted by Gasteiger charge is -2.37. The van der Waals surface area contributed by atoms with E-state index in [-0.39, 0.29) is 12.4 Å². The van der Waals surface area contributed by atoms with Crippen molar-refractivity contribution in [2.45, 2.75) is 31.3 Å². The van der Waals surface area contributed by atoms with E-state index in [1.54, 1.807) is 36.4 Å². The topological polar surface area (TPSA) is 93.1 Å². The number of aryl methyl sites for hydroxylation is 1. The number of carboxylic acids is 1. The minimum Gasteiger partial charge on any atom is -0.497 e. The van der Waals surface area contributed by atoms with Gasteiger partial charge in [-0.1, -0.05) is 23.7 Å². The molecule has 4 rings (SSSR count). The minimum atomic E-state index is -1.76. The van der Waals surface area contributed by atoms with Crippen molar-refractivity contribution in [2.24, 2.45) is 5.92 Å². The van der Waals surface area contributed by atoms with Gasteiger partial charge in [0, 0.05) is 17.9 Å². The van der Waals surface area contributed by atoms with Gasteiger partial charge in [0.15, 0.2) is 5.78 Å². The first-order chi connectivity index (χ1) is 17.1. The van der Waals surface area contributed by atoms with Crippen molar-refractivity contribution in [2.75, 3.05) is 20.8 Å². The molecule has 36 heavy (non-hydrogen) atoms. The molecule has 4 unspecified atom stereocenters. The van der Waals surface area contributed by atoms with Gasteiger partial charge in [0.05, 0.1) is 28.3 Å². The number of rotatable bonds is 8. The number of carbonyl (C=O) groups is 3. The standard InChI is InChI=1S/C26H26ClNO6S2/c1-14-10-11-35-24(14)22-20(23(30)17-8-9-18(27)36-17)21(15-6-5-7-16(12-15)34-4)26(2,25(31)32)28(22)19(29)13-33-3/h5-12,20-22H,13H2,1-4H3,(H,31,32). The number of amides is 1. The molecule has 0 bridgehead atoms. The van der Waals surface area contributed by atoms with Crippen molar-refractivity contribution >= 4 is 51.9 Å². The number of halogens is 1. The average molecular weight is 548 g/mol. The molecule has 1 aliphatic heterocycles. The lowest BCUT2D eigenvalue weighted by molar-refractivity contribution is -0.159. The minimum absolute atomic E-state index is 0.266. The molecule has 1 aliphatic rings. The highest BCUT2D eigenvalue weighted by atomic mass is 35.5. The van der Waals surface area contributed by atoms with E-state index in [2.05, 4.69) is 0 Å². The highest BCUT2D eigenvalue weighted by Gasteiger charge is 2.65. The van der Waals surface area contributed by atoms with Crippen LogP contribution in [-0.2, 0) is 14.3 Å². The Morgan fingerprint density at radius 2 is 1.92 bits per heavy atom. The third-order valence-corrected chi connectivity index (χ3v) is 9.13. The summed E-state index contributed by atoms with van der Waals surface area (Å²) in [5.41, 5.74) is -0.293. The van der Waals surface area contributed by atoms with Crippen LogP contribution in [0.4, 0.5) is 0 Å². The number of benzene rings is 1. The van der Waals surface area contributed by atoms with Crippen molar-refractivity contribution in [3.8, 4) is 5.75 Å². The summed E-state index contributed by atoms with van der Waals surface area (Å²) in [6, 6.07) is 11.4. The van der Waals surface area contributed by atoms with Gasteiger partial charge >= 0.3 is 5.97 Å². The number of Topliss-reactive ketones (excluding diaryl/α,β-unsaturated/α-hetero) is 1. The Morgan fingerprint density at radius 3 is 2.47 bits per heavy atom. The predicted molar refractivity (Wildman–Crippen MR) is 139 cm³/mol. The van der Waals surface area contributed by atoms with Crippen molar-refractivity contribution in [3.63, 3.8) is 0 Å². The van der Waals surface area contributed by atoms with Gasteiger partial charge in [0.2, 0.25) is 5.91 Å². The Morgan fingerprint density at radius 1 is 1.17 bits per heavy atom. The van der Waals surface area contributed by atoms with Gasteiger partial charge in [-0.2, -0.15) is 0 Å². The summed E-state index contributed by atoms with van der Waals surface area (Å²) >= 11 is 8.71. The fourth-order valence-electron chi connectivity index (χ4n) is 5.21. The molecule has 1 N–H and O–H groups in total. The zero-order valence-electron chi connectivity index (χ0n) is 20.2. The first-order valence-electron chi connectivity index (χ1n) is 11.2. The summed E-state index contributed by atoms with van der Waals surface area (Å²) in [6.45, 7) is 3.09. The van der Waals surface area contributed by atoms with Crippen LogP contribution < -0.4 is 4.74 Å². The maximum absolute atomic E-state index is 14.2. The van der Waals surface area contributed by atoms with E-state index in [1.807, 2.05) is 18.4 Å². The fraction of sp³-hybridized carbons (Fsp3) is 0.346. The van der Waals surface area contributed by atoms with E-state index in [4.69, 9.17) is 21.1 Å². The third-order valence-electron chi connectivity index (χ3n) is 6.80. The third kappa shape index (κ3) is 4.34. The maximum Gasteiger partial charge on any atom is 0.330 e. The van der Waals surface area contributed by atoms with Gasteiger partial charge < -0.3 is 19.5 Å². The first-order valence-corrected chi connectivity index (χ1v) is 13.2. The normalized spacial score (nSPS) is 23.6. The number of nitrogens with zero attached hydrogens (tertiary/aromatic N) is 1. The Balaban J connectivity index is 2.05. The monoisotopic (exact) mass is 547 g/mol. The van der Waals surface area contributed by atoms with Crippen LogP contribution >= 0.6 is 34.3 Å². The van der Waals surface area contributed by atoms with E-state index < -0.39 is 35.3 Å². The van der Waals surface area contributed by atoms with Crippen LogP contribution in [-0.4, -0.2) is 54.0 Å². The maximum atomic E-state index is 14.2. The largest absolute Gasteiger partial charge is 0.497 e. The molecular weight excluding hydrogens is 522 g/mol. The second-order valence-corrected chi connectivity index (χ2v) is 11.5. The van der Waals surface area contributed by atoms with Crippen LogP contribution in [0.2, 0.25) is 4.34 Å². The molecule has 10 heteroatoms. The van der Waals surface area contributed by atoms with Crippen molar-refractivity contribution < 1.29 is 29.0 Å². The van der Waals surface area contributed by atoms with Crippen LogP contribution in [0, 0.1) is 12.8 Å². The number of hydrogen-bond acceptors (Lipinski definition) is 7. The Kier molecular flexibility index (Phi) is 7.56. The number of hydrogen-bond donors (Lipinski definition) is 1. The number of ketones is 1. The lowest BCUT2D eigenvalue weighted by atomic mass is 9.73. The zero-order chi connectivity index (χ0) is 26.2. The highest BCUT2D eigenvalue weighted by Crippen LogP contribution is 2.58. The van der Waals surface area contributed by atoms with Crippen LogP contribution in [0.5, 0.6) is 5.75 Å². The molecule has 1 aromatic carbocycles. The Hall–Kier alpha value is -2.72. The molecule has 0 spiro atoms. The van der Waals surface area contributed by atoms with E-state index in [0.717, 1.165) is 21.8 Å². The zero-order valence-corrected chi connectivity index (χ0v) is 22.6. The molecule has 1 amide bonds. The summed E-state index contributed by atoms with van der Waals surface area (Å²) < 4.78 is 11.0. The SMILES string of the molecule is COCC(=O)N1C(c2sccc2C)C(C(=O)c2ccc(Cl)s2)C(c2cccc(OC)c2)C1(C)C(=O)O. The molecule has 3 heterocycles. The number of methoxy groups -OCH3 is 2. The average Bonchev–Trinajstić information content (AvgIpc) is 3.54. The number of carbonyl (C=O) groups excluding carboxylic acids is 2. The second kappa shape index (κ2) is 10.3. The summed E-state index contributed by atoms with van der Waals surface area (Å²) in [7, 11) is 2.90. The quantitative estimate of drug-likeness (QED) is 0.378. The second-order valence-electron chi connectivity index (χ2n) is 8.81. The summed E-state index contributed by atoms with van der Waals surface area (Å²) in [5.74, 6) is -3.24. The van der Waals surface area contributed by atoms with Gasteiger partial charge in [0.25, 0.3) is 0 Å². The van der Waals surface area contributed by atoms with Crippen molar-refractivity contribution in [3.05, 3.63) is 73.1 Å². The number of likely N-dealkylation sites (tertiary alicyclic amines) is 1. The number of carboxylic acid groups (broad SMARTS) is 1. The fourth-order valence-corrected chi connectivity index (χ4v) is 7.31. The number of thiophene rings is 2. The number of ether oxygens (including phenoxy) is 2. The lowest BCUT2D eigenvalue weighted by Crippen LogP contribution is -2.55. The summed E-state index contributed by atoms with van der Waals surface area (Å²) in [4.78, 5) is 43.4. The highest BCUT2D eigenvalue weighted by molar-refractivity contribution is 7.18. The number of aliphatic carboxylic acids is 1. The molecule has 190 valence electrons. The Bertz CT molecular complexity index is 1300. The van der Waals surface area contributed by atoms with Crippen molar-refractivity contribution in [1.82, 2.24) is 4.90 Å². The van der Waals surface area contributed by atoms with E-state index in [1.165, 1.54) is 37.4 Å². The molecule has 3 aromatic rings. The van der Waals surface area contributed by atoms with Crippen LogP contribution in [0.3, 0.4) is 0 Å². The van der Waals surface area contributed by atoms with Crippen LogP contribution in [0.25, 0.3) is 0 Å². The van der Waals surface area contributed by atoms with Gasteiger partial charge in [-0.15, -0.1) is 22.7 Å². The van der Waals surface area contributed by atoms with Crippen LogP contribution in [0.1, 0.15) is 44.6 Å². The molecule has 0 saturated carbocycles. The molecule has 7 nitrogen and oxygen atoms in total. The summed E-state index contributed by atoms with van der Waals surface area (Å²) in [5, 5.41) is 12.6. The molecule has 0 aliphatic carbocycles. The van der Waals surface area contributed by atoms with E-state index >= 15 is 0 Å². The van der Waals surface area contributed by atoms with Gasteiger partial charge in [-0.3, -0.25) is 9.59 Å². The van der Waals surface area contributed by atoms with Gasteiger partial charge in [-0.25, -0.2) is 4.79 Å². The molecule has 0 radical (unpaired) electrons. The summed E-state index contributed by atoms with van der Waals surface area (Å²) in [6.07, 6.45) is 0. The van der Waals surface area contributed by atoms with Crippen LogP contribution in [0.15, 0.2) is 47.8 Å². The molecule has 2 aromatic heterocycles. The predicted octanol–water partition coefficient (Wildman–Crippen LogP) is 5.44. The van der Waals surface area contributed by atoms with Crippen molar-refractivity contribution in [1.29, 1.82) is 0 Å². The molecule has 4 atom stereocenters. The van der Waals surface area contributed by atoms with Gasteiger partial charge in [-0.05, 0) is 60.7 Å². The van der Waals surface area contributed by atoms with E-state index in [9.17, 15) is 19.5 Å². The first kappa shape index (κ1) is 26.3. The molecule has 1 fully saturated rings.